The molecule has 0 aliphatic heterocycles. The SMILES string of the molecule is Cc1cccc(C(N)=O)c1-c1cc(C(F)F)nn1C. The molecule has 6 heteroatoms. The summed E-state index contributed by atoms with van der Waals surface area (Å²) >= 11 is 0. The van der Waals surface area contributed by atoms with E-state index in [9.17, 15) is 13.6 Å². The molecule has 0 saturated carbocycles. The second kappa shape index (κ2) is 4.79. The Labute approximate surface area is 108 Å². The van der Waals surface area contributed by atoms with Gasteiger partial charge in [0.15, 0.2) is 0 Å². The van der Waals surface area contributed by atoms with Crippen LogP contribution in [0.15, 0.2) is 24.3 Å². The molecule has 100 valence electrons. The fourth-order valence-corrected chi connectivity index (χ4v) is 2.04. The van der Waals surface area contributed by atoms with Crippen molar-refractivity contribution in [3.05, 3.63) is 41.1 Å². The first-order valence-electron chi connectivity index (χ1n) is 5.63. The predicted molar refractivity (Wildman–Crippen MR) is 66.9 cm³/mol. The van der Waals surface area contributed by atoms with Crippen molar-refractivity contribution in [3.8, 4) is 11.3 Å². The van der Waals surface area contributed by atoms with Crippen molar-refractivity contribution in [2.75, 3.05) is 0 Å². The lowest BCUT2D eigenvalue weighted by molar-refractivity contribution is 0.100. The van der Waals surface area contributed by atoms with Crippen LogP contribution in [-0.4, -0.2) is 15.7 Å². The first-order valence-corrected chi connectivity index (χ1v) is 5.63. The maximum absolute atomic E-state index is 12.7. The summed E-state index contributed by atoms with van der Waals surface area (Å²) in [5.74, 6) is -0.599. The van der Waals surface area contributed by atoms with Crippen molar-refractivity contribution in [2.45, 2.75) is 13.3 Å². The largest absolute Gasteiger partial charge is 0.366 e. The molecule has 1 heterocycles. The minimum Gasteiger partial charge on any atom is -0.366 e. The van der Waals surface area contributed by atoms with E-state index in [0.29, 0.717) is 16.8 Å². The van der Waals surface area contributed by atoms with E-state index in [1.807, 2.05) is 0 Å². The van der Waals surface area contributed by atoms with Gasteiger partial charge in [-0.25, -0.2) is 8.78 Å². The summed E-state index contributed by atoms with van der Waals surface area (Å²) in [6.45, 7) is 1.79. The van der Waals surface area contributed by atoms with Gasteiger partial charge in [0.2, 0.25) is 5.91 Å². The van der Waals surface area contributed by atoms with Crippen molar-refractivity contribution < 1.29 is 13.6 Å². The van der Waals surface area contributed by atoms with Crippen LogP contribution in [-0.2, 0) is 7.05 Å². The molecule has 1 amide bonds. The van der Waals surface area contributed by atoms with E-state index < -0.39 is 12.3 Å². The van der Waals surface area contributed by atoms with E-state index in [1.165, 1.54) is 10.7 Å². The topological polar surface area (TPSA) is 60.9 Å². The quantitative estimate of drug-likeness (QED) is 0.926. The summed E-state index contributed by atoms with van der Waals surface area (Å²) in [5.41, 5.74) is 7.06. The number of nitrogens with two attached hydrogens (primary N) is 1. The molecule has 0 bridgehead atoms. The van der Waals surface area contributed by atoms with Crippen LogP contribution in [0.4, 0.5) is 8.78 Å². The highest BCUT2D eigenvalue weighted by atomic mass is 19.3. The molecule has 0 radical (unpaired) electrons. The number of halogens is 2. The average molecular weight is 265 g/mol. The Bertz CT molecular complexity index is 635. The van der Waals surface area contributed by atoms with Crippen LogP contribution in [0.25, 0.3) is 11.3 Å². The van der Waals surface area contributed by atoms with Crippen LogP contribution in [0.5, 0.6) is 0 Å². The number of carbonyl (C=O) groups is 1. The second-order valence-electron chi connectivity index (χ2n) is 4.24. The van der Waals surface area contributed by atoms with Gasteiger partial charge >= 0.3 is 0 Å². The van der Waals surface area contributed by atoms with Crippen LogP contribution in [0, 0.1) is 6.92 Å². The molecule has 0 saturated heterocycles. The van der Waals surface area contributed by atoms with E-state index in [-0.39, 0.29) is 5.69 Å². The van der Waals surface area contributed by atoms with Gasteiger partial charge in [-0.3, -0.25) is 9.48 Å². The molecule has 2 rings (SSSR count). The van der Waals surface area contributed by atoms with Crippen LogP contribution >= 0.6 is 0 Å². The molecule has 4 nitrogen and oxygen atoms in total. The smallest absolute Gasteiger partial charge is 0.282 e. The summed E-state index contributed by atoms with van der Waals surface area (Å²) in [7, 11) is 1.55. The first kappa shape index (κ1) is 13.2. The molecule has 0 unspecified atom stereocenters. The summed E-state index contributed by atoms with van der Waals surface area (Å²) in [6.07, 6.45) is -2.65. The van der Waals surface area contributed by atoms with E-state index in [2.05, 4.69) is 5.10 Å². The molecule has 0 atom stereocenters. The molecular weight excluding hydrogens is 252 g/mol. The number of benzene rings is 1. The van der Waals surface area contributed by atoms with Gasteiger partial charge in [0, 0.05) is 18.2 Å². The number of hydrogen-bond donors (Lipinski definition) is 1. The Hall–Kier alpha value is -2.24. The molecule has 0 aliphatic carbocycles. The molecule has 0 fully saturated rings. The van der Waals surface area contributed by atoms with Crippen molar-refractivity contribution in [3.63, 3.8) is 0 Å². The lowest BCUT2D eigenvalue weighted by Crippen LogP contribution is -2.13. The average Bonchev–Trinajstić information content (AvgIpc) is 2.71. The van der Waals surface area contributed by atoms with Gasteiger partial charge in [-0.15, -0.1) is 0 Å². The van der Waals surface area contributed by atoms with Crippen molar-refractivity contribution in [1.82, 2.24) is 9.78 Å². The Morgan fingerprint density at radius 2 is 2.11 bits per heavy atom. The third-order valence-electron chi connectivity index (χ3n) is 2.92. The molecule has 0 aliphatic rings. The minimum atomic E-state index is -2.65. The number of hydrogen-bond acceptors (Lipinski definition) is 2. The number of primary amides is 1. The number of nitrogens with zero attached hydrogens (tertiary/aromatic N) is 2. The molecule has 1 aromatic carbocycles. The fraction of sp³-hybridized carbons (Fsp3) is 0.231. The molecule has 0 spiro atoms. The number of amides is 1. The maximum atomic E-state index is 12.7. The van der Waals surface area contributed by atoms with Gasteiger partial charge in [-0.05, 0) is 24.6 Å². The van der Waals surface area contributed by atoms with Gasteiger partial charge in [0.05, 0.1) is 5.69 Å². The van der Waals surface area contributed by atoms with E-state index >= 15 is 0 Å². The van der Waals surface area contributed by atoms with Gasteiger partial charge in [-0.1, -0.05) is 12.1 Å². The van der Waals surface area contributed by atoms with Gasteiger partial charge in [0.25, 0.3) is 6.43 Å². The number of aromatic nitrogens is 2. The zero-order valence-corrected chi connectivity index (χ0v) is 10.5. The normalized spacial score (nSPS) is 11.0. The Balaban J connectivity index is 2.68. The summed E-state index contributed by atoms with van der Waals surface area (Å²) in [4.78, 5) is 11.4. The standard InChI is InChI=1S/C13H13F2N3O/c1-7-4-3-5-8(13(16)19)11(7)10-6-9(12(14)15)17-18(10)2/h3-6,12H,1-2H3,(H2,16,19). The zero-order valence-electron chi connectivity index (χ0n) is 10.5. The second-order valence-corrected chi connectivity index (χ2v) is 4.24. The van der Waals surface area contributed by atoms with E-state index in [1.54, 1.807) is 32.2 Å². The van der Waals surface area contributed by atoms with E-state index in [0.717, 1.165) is 5.56 Å². The van der Waals surface area contributed by atoms with Gasteiger partial charge in [-0.2, -0.15) is 5.10 Å². The fourth-order valence-electron chi connectivity index (χ4n) is 2.04. The third-order valence-corrected chi connectivity index (χ3v) is 2.92. The molecule has 1 aromatic heterocycles. The highest BCUT2D eigenvalue weighted by Crippen LogP contribution is 2.30. The Morgan fingerprint density at radius 1 is 1.42 bits per heavy atom. The number of aryl methyl sites for hydroxylation is 2. The Kier molecular flexibility index (Phi) is 3.33. The third kappa shape index (κ3) is 2.33. The molecule has 2 aromatic rings. The van der Waals surface area contributed by atoms with E-state index in [4.69, 9.17) is 5.73 Å². The van der Waals surface area contributed by atoms with Gasteiger partial charge < -0.3 is 5.73 Å². The monoisotopic (exact) mass is 265 g/mol. The summed E-state index contributed by atoms with van der Waals surface area (Å²) < 4.78 is 26.7. The Morgan fingerprint density at radius 3 is 2.63 bits per heavy atom. The van der Waals surface area contributed by atoms with Crippen LogP contribution in [0.2, 0.25) is 0 Å². The molecule has 19 heavy (non-hydrogen) atoms. The first-order chi connectivity index (χ1) is 8.91. The van der Waals surface area contributed by atoms with Crippen molar-refractivity contribution >= 4 is 5.91 Å². The number of alkyl halides is 2. The van der Waals surface area contributed by atoms with Crippen LogP contribution in [0.3, 0.4) is 0 Å². The molecular formula is C13H13F2N3O. The summed E-state index contributed by atoms with van der Waals surface area (Å²) in [6, 6.07) is 6.33. The summed E-state index contributed by atoms with van der Waals surface area (Å²) in [5, 5.41) is 3.74. The molecule has 2 N–H and O–H groups in total. The highest BCUT2D eigenvalue weighted by Gasteiger charge is 2.19. The minimum absolute atomic E-state index is 0.295. The van der Waals surface area contributed by atoms with Crippen LogP contribution < -0.4 is 5.73 Å². The zero-order chi connectivity index (χ0) is 14.2. The number of carbonyl (C=O) groups excluding carboxylic acids is 1. The van der Waals surface area contributed by atoms with Gasteiger partial charge in [0.1, 0.15) is 5.69 Å². The predicted octanol–water partition coefficient (Wildman–Crippen LogP) is 2.43. The van der Waals surface area contributed by atoms with Crippen LogP contribution in [0.1, 0.15) is 28.0 Å². The van der Waals surface area contributed by atoms with Crippen molar-refractivity contribution in [1.29, 1.82) is 0 Å². The lowest BCUT2D eigenvalue weighted by Gasteiger charge is -2.10. The van der Waals surface area contributed by atoms with Crippen molar-refractivity contribution in [2.24, 2.45) is 12.8 Å². The lowest BCUT2D eigenvalue weighted by atomic mass is 9.98. The number of rotatable bonds is 3. The highest BCUT2D eigenvalue weighted by molar-refractivity contribution is 6.00. The maximum Gasteiger partial charge on any atom is 0.282 e.